The Labute approximate surface area is 176 Å². The molecular weight excluding hydrogens is 441 g/mol. The number of benzene rings is 1. The van der Waals surface area contributed by atoms with E-state index in [-0.39, 0.29) is 5.82 Å². The highest BCUT2D eigenvalue weighted by atomic mass is 32.2. The van der Waals surface area contributed by atoms with Crippen molar-refractivity contribution in [2.24, 2.45) is 0 Å². The van der Waals surface area contributed by atoms with Crippen LogP contribution in [0.5, 0.6) is 5.88 Å². The van der Waals surface area contributed by atoms with Gasteiger partial charge in [0.05, 0.1) is 26.4 Å². The maximum atomic E-state index is 12.8. The molecule has 8 nitrogen and oxygen atoms in total. The number of halogens is 3. The molecule has 1 aromatic carbocycles. The normalized spacial score (nSPS) is 18.4. The van der Waals surface area contributed by atoms with Crippen LogP contribution < -0.4 is 9.08 Å². The molecule has 2 aliphatic rings. The fraction of sp³-hybridized carbons (Fsp3) is 0.421. The van der Waals surface area contributed by atoms with Gasteiger partial charge in [-0.1, -0.05) is 18.2 Å². The zero-order chi connectivity index (χ0) is 22.1. The van der Waals surface area contributed by atoms with Gasteiger partial charge in [-0.05, 0) is 23.3 Å². The Bertz CT molecular complexity index is 1040. The van der Waals surface area contributed by atoms with Crippen molar-refractivity contribution < 1.29 is 40.0 Å². The summed E-state index contributed by atoms with van der Waals surface area (Å²) < 4.78 is 82.1. The van der Waals surface area contributed by atoms with Crippen molar-refractivity contribution in [1.82, 2.24) is 4.98 Å². The minimum absolute atomic E-state index is 0.284. The van der Waals surface area contributed by atoms with Crippen LogP contribution in [0.1, 0.15) is 11.9 Å². The van der Waals surface area contributed by atoms with Gasteiger partial charge in [0.15, 0.2) is 6.29 Å². The van der Waals surface area contributed by atoms with E-state index in [1.165, 1.54) is 0 Å². The summed E-state index contributed by atoms with van der Waals surface area (Å²) in [6, 6.07) is 9.86. The number of hydrogen-bond donors (Lipinski definition) is 0. The molecule has 168 valence electrons. The first kappa shape index (κ1) is 21.8. The molecule has 0 atom stereocenters. The molecule has 0 saturated carbocycles. The van der Waals surface area contributed by atoms with Gasteiger partial charge in [0.25, 0.3) is 0 Å². The first-order valence-electron chi connectivity index (χ1n) is 9.42. The fourth-order valence-electron chi connectivity index (χ4n) is 3.23. The second-order valence-corrected chi connectivity index (χ2v) is 8.37. The minimum Gasteiger partial charge on any atom is -0.378 e. The highest BCUT2D eigenvalue weighted by Gasteiger charge is 2.49. The van der Waals surface area contributed by atoms with Gasteiger partial charge in [-0.25, -0.2) is 0 Å². The summed E-state index contributed by atoms with van der Waals surface area (Å²) in [7, 11) is -5.86. The average Bonchev–Trinajstić information content (AvgIpc) is 3.28. The minimum atomic E-state index is -5.86. The second kappa shape index (κ2) is 8.61. The van der Waals surface area contributed by atoms with E-state index in [0.29, 0.717) is 50.6 Å². The van der Waals surface area contributed by atoms with E-state index in [2.05, 4.69) is 9.17 Å². The van der Waals surface area contributed by atoms with E-state index in [4.69, 9.17) is 14.2 Å². The van der Waals surface area contributed by atoms with Gasteiger partial charge in [-0.2, -0.15) is 26.6 Å². The number of ether oxygens (including phenoxy) is 3. The Balaban J connectivity index is 1.73. The van der Waals surface area contributed by atoms with E-state index >= 15 is 0 Å². The van der Waals surface area contributed by atoms with E-state index in [1.54, 1.807) is 35.2 Å². The Morgan fingerprint density at radius 3 is 2.39 bits per heavy atom. The van der Waals surface area contributed by atoms with Crippen LogP contribution in [0, 0.1) is 0 Å². The molecule has 0 N–H and O–H groups in total. The third-order valence-electron chi connectivity index (χ3n) is 4.72. The predicted octanol–water partition coefficient (Wildman–Crippen LogP) is 2.86. The molecule has 4 rings (SSSR count). The summed E-state index contributed by atoms with van der Waals surface area (Å²) in [6.45, 7) is 2.64. The molecule has 2 aliphatic heterocycles. The number of morpholine rings is 1. The second-order valence-electron chi connectivity index (χ2n) is 6.83. The molecule has 2 aromatic rings. The number of pyridine rings is 1. The van der Waals surface area contributed by atoms with Gasteiger partial charge in [0, 0.05) is 24.7 Å². The lowest BCUT2D eigenvalue weighted by Crippen LogP contribution is -2.37. The number of rotatable bonds is 5. The maximum Gasteiger partial charge on any atom is 0.534 e. The number of anilines is 1. The Morgan fingerprint density at radius 2 is 1.71 bits per heavy atom. The van der Waals surface area contributed by atoms with Gasteiger partial charge in [-0.15, -0.1) is 0 Å². The van der Waals surface area contributed by atoms with Crippen LogP contribution in [-0.2, 0) is 24.3 Å². The summed E-state index contributed by atoms with van der Waals surface area (Å²) in [5, 5.41) is 0. The van der Waals surface area contributed by atoms with Crippen molar-refractivity contribution in [3.63, 3.8) is 0 Å². The van der Waals surface area contributed by atoms with E-state index in [1.807, 2.05) is 0 Å². The van der Waals surface area contributed by atoms with Crippen molar-refractivity contribution in [3.05, 3.63) is 42.0 Å². The SMILES string of the molecule is O=S(=O)(Oc1cc(-c2cccc(C3OCCO3)c2)cc(N2CCOCC2)n1)C(F)(F)F. The van der Waals surface area contributed by atoms with Crippen LogP contribution in [0.3, 0.4) is 0 Å². The molecular formula is C19H19F3N2O6S. The first-order chi connectivity index (χ1) is 14.7. The van der Waals surface area contributed by atoms with Crippen molar-refractivity contribution in [1.29, 1.82) is 0 Å². The van der Waals surface area contributed by atoms with Gasteiger partial charge in [-0.3, -0.25) is 0 Å². The maximum absolute atomic E-state index is 12.8. The van der Waals surface area contributed by atoms with Gasteiger partial charge in [0.1, 0.15) is 5.82 Å². The number of hydrogen-bond acceptors (Lipinski definition) is 8. The lowest BCUT2D eigenvalue weighted by molar-refractivity contribution is -0.0501. The number of aromatic nitrogens is 1. The molecule has 0 aliphatic carbocycles. The predicted molar refractivity (Wildman–Crippen MR) is 103 cm³/mol. The van der Waals surface area contributed by atoms with Crippen LogP contribution in [0.2, 0.25) is 0 Å². The monoisotopic (exact) mass is 460 g/mol. The molecule has 0 radical (unpaired) electrons. The molecule has 2 saturated heterocycles. The largest absolute Gasteiger partial charge is 0.534 e. The highest BCUT2D eigenvalue weighted by molar-refractivity contribution is 7.87. The highest BCUT2D eigenvalue weighted by Crippen LogP contribution is 2.33. The van der Waals surface area contributed by atoms with E-state index in [9.17, 15) is 21.6 Å². The molecule has 0 amide bonds. The molecule has 1 aromatic heterocycles. The molecule has 0 unspecified atom stereocenters. The zero-order valence-electron chi connectivity index (χ0n) is 16.2. The summed E-state index contributed by atoms with van der Waals surface area (Å²) >= 11 is 0. The van der Waals surface area contributed by atoms with Crippen LogP contribution in [0.15, 0.2) is 36.4 Å². The van der Waals surface area contributed by atoms with E-state index in [0.717, 1.165) is 11.6 Å². The zero-order valence-corrected chi connectivity index (χ0v) is 17.0. The number of nitrogens with zero attached hydrogens (tertiary/aromatic N) is 2. The Hall–Kier alpha value is -2.41. The van der Waals surface area contributed by atoms with Gasteiger partial charge >= 0.3 is 15.6 Å². The first-order valence-corrected chi connectivity index (χ1v) is 10.8. The fourth-order valence-corrected chi connectivity index (χ4v) is 3.64. The summed E-state index contributed by atoms with van der Waals surface area (Å²) in [4.78, 5) is 5.79. The molecule has 31 heavy (non-hydrogen) atoms. The smallest absolute Gasteiger partial charge is 0.378 e. The average molecular weight is 460 g/mol. The lowest BCUT2D eigenvalue weighted by Gasteiger charge is -2.28. The lowest BCUT2D eigenvalue weighted by atomic mass is 10.0. The third kappa shape index (κ3) is 4.92. The summed E-state index contributed by atoms with van der Waals surface area (Å²) in [5.74, 6) is -0.387. The quantitative estimate of drug-likeness (QED) is 0.497. The molecule has 0 bridgehead atoms. The Kier molecular flexibility index (Phi) is 6.06. The van der Waals surface area contributed by atoms with E-state index < -0.39 is 27.8 Å². The van der Waals surface area contributed by atoms with Crippen LogP contribution in [0.25, 0.3) is 11.1 Å². The van der Waals surface area contributed by atoms with Gasteiger partial charge < -0.3 is 23.3 Å². The topological polar surface area (TPSA) is 87.2 Å². The van der Waals surface area contributed by atoms with Crippen LogP contribution in [-0.4, -0.2) is 58.4 Å². The van der Waals surface area contributed by atoms with Crippen molar-refractivity contribution in [2.75, 3.05) is 44.4 Å². The molecule has 0 spiro atoms. The van der Waals surface area contributed by atoms with Crippen molar-refractivity contribution in [3.8, 4) is 17.0 Å². The van der Waals surface area contributed by atoms with Crippen molar-refractivity contribution in [2.45, 2.75) is 11.8 Å². The molecule has 2 fully saturated rings. The Morgan fingerprint density at radius 1 is 1.00 bits per heavy atom. The van der Waals surface area contributed by atoms with Crippen LogP contribution in [0.4, 0.5) is 19.0 Å². The number of alkyl halides is 3. The standard InChI is InChI=1S/C19H19F3N2O6S/c20-19(21,22)31(25,26)30-17-12-15(11-16(23-17)24-4-6-27-7-5-24)13-2-1-3-14(10-13)18-28-8-9-29-18/h1-3,10-12,18H,4-9H2. The van der Waals surface area contributed by atoms with Crippen molar-refractivity contribution >= 4 is 15.9 Å². The van der Waals surface area contributed by atoms with Crippen LogP contribution >= 0.6 is 0 Å². The molecule has 12 heteroatoms. The van der Waals surface area contributed by atoms with Gasteiger partial charge in [0.2, 0.25) is 5.88 Å². The molecule has 3 heterocycles. The summed E-state index contributed by atoms with van der Waals surface area (Å²) in [6.07, 6.45) is -0.540. The summed E-state index contributed by atoms with van der Waals surface area (Å²) in [5.41, 5.74) is -3.79. The third-order valence-corrected chi connectivity index (χ3v) is 5.67.